The molecule has 146 valence electrons. The fourth-order valence-corrected chi connectivity index (χ4v) is 4.35. The first-order valence-electron chi connectivity index (χ1n) is 8.89. The molecule has 0 fully saturated rings. The van der Waals surface area contributed by atoms with Crippen molar-refractivity contribution in [3.63, 3.8) is 0 Å². The third kappa shape index (κ3) is 4.26. The highest BCUT2D eigenvalue weighted by molar-refractivity contribution is 9.10. The molecule has 1 aromatic heterocycles. The Morgan fingerprint density at radius 1 is 0.862 bits per heavy atom. The predicted molar refractivity (Wildman–Crippen MR) is 115 cm³/mol. The largest absolute Gasteiger partial charge is 0.419 e. The van der Waals surface area contributed by atoms with E-state index in [1.807, 2.05) is 60.7 Å². The van der Waals surface area contributed by atoms with Crippen LogP contribution >= 0.6 is 15.9 Å². The van der Waals surface area contributed by atoms with Crippen LogP contribution in [0.1, 0.15) is 5.56 Å². The van der Waals surface area contributed by atoms with Gasteiger partial charge in [-0.1, -0.05) is 64.5 Å². The molecule has 0 bridgehead atoms. The third-order valence-corrected chi connectivity index (χ3v) is 6.50. The number of hydrogen-bond donors (Lipinski definition) is 1. The molecule has 0 spiro atoms. The summed E-state index contributed by atoms with van der Waals surface area (Å²) in [5.74, 6) is 0.368. The molecule has 0 atom stereocenters. The monoisotopic (exact) mass is 468 g/mol. The summed E-state index contributed by atoms with van der Waals surface area (Å²) in [6, 6.07) is 25.3. The van der Waals surface area contributed by atoms with Crippen molar-refractivity contribution in [3.05, 3.63) is 95.0 Å². The smallest absolute Gasteiger partial charge is 0.234 e. The molecule has 1 N–H and O–H groups in total. The maximum Gasteiger partial charge on any atom is 0.234 e. The van der Waals surface area contributed by atoms with Crippen LogP contribution in [-0.2, 0) is 16.4 Å². The number of aromatic nitrogens is 1. The highest BCUT2D eigenvalue weighted by atomic mass is 79.9. The van der Waals surface area contributed by atoms with Crippen molar-refractivity contribution in [2.45, 2.75) is 16.5 Å². The van der Waals surface area contributed by atoms with Crippen LogP contribution in [0.2, 0.25) is 0 Å². The van der Waals surface area contributed by atoms with Gasteiger partial charge >= 0.3 is 0 Å². The summed E-state index contributed by atoms with van der Waals surface area (Å²) in [5.41, 5.74) is 1.70. The molecule has 4 rings (SSSR count). The molecule has 1 heterocycles. The van der Waals surface area contributed by atoms with Crippen LogP contribution in [0.4, 0.5) is 5.88 Å². The van der Waals surface area contributed by atoms with Crippen LogP contribution in [0.15, 0.2) is 104 Å². The zero-order valence-corrected chi connectivity index (χ0v) is 17.7. The van der Waals surface area contributed by atoms with E-state index in [1.165, 1.54) is 12.1 Å². The Hall–Kier alpha value is -2.90. The van der Waals surface area contributed by atoms with Gasteiger partial charge in [-0.05, 0) is 42.0 Å². The molecule has 0 amide bonds. The number of nitrogens with zero attached hydrogens (tertiary/aromatic N) is 1. The molecule has 0 radical (unpaired) electrons. The van der Waals surface area contributed by atoms with Gasteiger partial charge in [0.05, 0.1) is 4.90 Å². The van der Waals surface area contributed by atoms with E-state index in [9.17, 15) is 8.42 Å². The summed E-state index contributed by atoms with van der Waals surface area (Å²) < 4.78 is 33.1. The summed E-state index contributed by atoms with van der Waals surface area (Å²) in [6.45, 7) is 0.410. The molecular weight excluding hydrogens is 452 g/mol. The van der Waals surface area contributed by atoms with Gasteiger partial charge in [-0.25, -0.2) is 8.42 Å². The molecule has 0 unspecified atom stereocenters. The molecule has 5 nitrogen and oxygen atoms in total. The minimum absolute atomic E-state index is 0.121. The first-order valence-corrected chi connectivity index (χ1v) is 11.2. The summed E-state index contributed by atoms with van der Waals surface area (Å²) in [7, 11) is -3.87. The Morgan fingerprint density at radius 2 is 1.48 bits per heavy atom. The van der Waals surface area contributed by atoms with Gasteiger partial charge in [0.15, 0.2) is 0 Å². The maximum absolute atomic E-state index is 13.2. The van der Waals surface area contributed by atoms with Gasteiger partial charge in [-0.15, -0.1) is 0 Å². The molecule has 4 aromatic rings. The number of anilines is 1. The van der Waals surface area contributed by atoms with Crippen molar-refractivity contribution < 1.29 is 12.8 Å². The van der Waals surface area contributed by atoms with Crippen molar-refractivity contribution in [3.8, 4) is 11.5 Å². The Morgan fingerprint density at radius 3 is 2.14 bits per heavy atom. The van der Waals surface area contributed by atoms with E-state index in [0.29, 0.717) is 12.1 Å². The number of nitrogens with one attached hydrogen (secondary N) is 1. The second-order valence-electron chi connectivity index (χ2n) is 6.32. The summed E-state index contributed by atoms with van der Waals surface area (Å²) in [4.78, 5) is 4.48. The molecule has 0 aliphatic rings. The van der Waals surface area contributed by atoms with Crippen LogP contribution in [0.25, 0.3) is 11.5 Å². The lowest BCUT2D eigenvalue weighted by molar-refractivity contribution is 0.576. The second-order valence-corrected chi connectivity index (χ2v) is 9.10. The fourth-order valence-electron chi connectivity index (χ4n) is 2.81. The van der Waals surface area contributed by atoms with Gasteiger partial charge in [0.25, 0.3) is 0 Å². The lowest BCUT2D eigenvalue weighted by Crippen LogP contribution is -2.07. The van der Waals surface area contributed by atoms with Crippen molar-refractivity contribution in [2.24, 2.45) is 0 Å². The predicted octanol–water partition coefficient (Wildman–Crippen LogP) is 5.55. The number of rotatable bonds is 6. The number of benzene rings is 3. The highest BCUT2D eigenvalue weighted by Gasteiger charge is 2.28. The van der Waals surface area contributed by atoms with Crippen LogP contribution in [0, 0.1) is 0 Å². The van der Waals surface area contributed by atoms with Crippen LogP contribution < -0.4 is 5.32 Å². The first-order chi connectivity index (χ1) is 14.0. The van der Waals surface area contributed by atoms with Gasteiger partial charge in [-0.2, -0.15) is 4.98 Å². The zero-order chi connectivity index (χ0) is 20.3. The average molecular weight is 469 g/mol. The number of oxazole rings is 1. The van der Waals surface area contributed by atoms with E-state index in [2.05, 4.69) is 26.2 Å². The van der Waals surface area contributed by atoms with E-state index in [0.717, 1.165) is 10.0 Å². The van der Waals surface area contributed by atoms with Crippen molar-refractivity contribution >= 4 is 31.7 Å². The zero-order valence-electron chi connectivity index (χ0n) is 15.2. The number of hydrogen-bond acceptors (Lipinski definition) is 5. The standard InChI is InChI=1S/C22H17BrN2O3S/c23-18-11-13-19(14-12-18)29(26,27)22-21(24-15-16-7-3-1-4-8-16)28-20(25-22)17-9-5-2-6-10-17/h1-14,24H,15H2. The lowest BCUT2D eigenvalue weighted by Gasteiger charge is -2.06. The van der Waals surface area contributed by atoms with E-state index < -0.39 is 9.84 Å². The lowest BCUT2D eigenvalue weighted by atomic mass is 10.2. The van der Waals surface area contributed by atoms with Crippen LogP contribution in [0.5, 0.6) is 0 Å². The van der Waals surface area contributed by atoms with E-state index >= 15 is 0 Å². The quantitative estimate of drug-likeness (QED) is 0.401. The Kier molecular flexibility index (Phi) is 5.51. The summed E-state index contributed by atoms with van der Waals surface area (Å²) in [5, 5.41) is 2.96. The first kappa shape index (κ1) is 19.4. The SMILES string of the molecule is O=S(=O)(c1ccc(Br)cc1)c1nc(-c2ccccc2)oc1NCc1ccccc1. The molecule has 3 aromatic carbocycles. The van der Waals surface area contributed by atoms with Crippen molar-refractivity contribution in [1.29, 1.82) is 0 Å². The van der Waals surface area contributed by atoms with E-state index in [-0.39, 0.29) is 21.7 Å². The maximum atomic E-state index is 13.2. The van der Waals surface area contributed by atoms with Crippen molar-refractivity contribution in [1.82, 2.24) is 4.98 Å². The van der Waals surface area contributed by atoms with E-state index in [4.69, 9.17) is 4.42 Å². The Bertz CT molecular complexity index is 1210. The Balaban J connectivity index is 1.76. The molecule has 0 aliphatic heterocycles. The molecule has 0 saturated carbocycles. The molecule has 29 heavy (non-hydrogen) atoms. The normalized spacial score (nSPS) is 11.3. The summed E-state index contributed by atoms with van der Waals surface area (Å²) in [6.07, 6.45) is 0. The van der Waals surface area contributed by atoms with Crippen LogP contribution in [-0.4, -0.2) is 13.4 Å². The topological polar surface area (TPSA) is 72.2 Å². The second kappa shape index (κ2) is 8.23. The summed E-state index contributed by atoms with van der Waals surface area (Å²) >= 11 is 3.33. The fraction of sp³-hybridized carbons (Fsp3) is 0.0455. The molecule has 0 saturated heterocycles. The van der Waals surface area contributed by atoms with Crippen LogP contribution in [0.3, 0.4) is 0 Å². The molecular formula is C22H17BrN2O3S. The number of sulfone groups is 1. The highest BCUT2D eigenvalue weighted by Crippen LogP contribution is 2.33. The minimum Gasteiger partial charge on any atom is -0.419 e. The third-order valence-electron chi connectivity index (χ3n) is 4.29. The molecule has 7 heteroatoms. The van der Waals surface area contributed by atoms with E-state index in [1.54, 1.807) is 12.1 Å². The van der Waals surface area contributed by atoms with Gasteiger partial charge in [0.2, 0.25) is 26.6 Å². The van der Waals surface area contributed by atoms with Gasteiger partial charge in [0.1, 0.15) is 0 Å². The van der Waals surface area contributed by atoms with Gasteiger partial charge in [0, 0.05) is 16.6 Å². The number of halogens is 1. The Labute approximate surface area is 177 Å². The van der Waals surface area contributed by atoms with Crippen molar-refractivity contribution in [2.75, 3.05) is 5.32 Å². The minimum atomic E-state index is -3.87. The average Bonchev–Trinajstić information content (AvgIpc) is 3.19. The van der Waals surface area contributed by atoms with Gasteiger partial charge < -0.3 is 9.73 Å². The molecule has 0 aliphatic carbocycles. The van der Waals surface area contributed by atoms with Gasteiger partial charge in [-0.3, -0.25) is 0 Å².